The fourth-order valence-corrected chi connectivity index (χ4v) is 1.36. The van der Waals surface area contributed by atoms with E-state index in [0.29, 0.717) is 24.3 Å². The fraction of sp³-hybridized carbons (Fsp3) is 0.333. The van der Waals surface area contributed by atoms with Crippen LogP contribution < -0.4 is 10.6 Å². The van der Waals surface area contributed by atoms with Crippen LogP contribution in [0.15, 0.2) is 29.4 Å². The van der Waals surface area contributed by atoms with Crippen LogP contribution >= 0.6 is 0 Å². The number of benzene rings is 1. The van der Waals surface area contributed by atoms with Crippen molar-refractivity contribution in [1.82, 2.24) is 5.32 Å². The van der Waals surface area contributed by atoms with Crippen LogP contribution in [0.2, 0.25) is 0 Å². The smallest absolute Gasteiger partial charge is 0.319 e. The number of hydrogen-bond acceptors (Lipinski definition) is 3. The number of amides is 2. The Kier molecular flexibility index (Phi) is 6.34. The van der Waals surface area contributed by atoms with Crippen molar-refractivity contribution in [1.29, 1.82) is 5.26 Å². The molecular weight excluding hydrogens is 244 g/mol. The van der Waals surface area contributed by atoms with Crippen LogP contribution in [-0.4, -0.2) is 19.1 Å². The number of carbonyl (C=O) groups excluding carboxylic acids is 1. The topological polar surface area (TPSA) is 114 Å². The van der Waals surface area contributed by atoms with Gasteiger partial charge in [0.2, 0.25) is 0 Å². The Balaban J connectivity index is 2.23. The molecule has 2 amide bonds. The van der Waals surface area contributed by atoms with Gasteiger partial charge in [0.25, 0.3) is 0 Å². The van der Waals surface area contributed by atoms with Crippen molar-refractivity contribution in [2.45, 2.75) is 12.8 Å². The molecule has 7 heteroatoms. The van der Waals surface area contributed by atoms with Crippen molar-refractivity contribution in [3.05, 3.63) is 40.3 Å². The standard InChI is InChI=1S/C12H14N6O/c13-9-10-3-5-11(6-4-10)17-12(19)15-7-1-2-8-16-18-14/h3-6H,1-2,7-8H2,(H2,15,17,19). The third-order valence-electron chi connectivity index (χ3n) is 2.31. The minimum atomic E-state index is -0.298. The van der Waals surface area contributed by atoms with Crippen LogP contribution in [0.3, 0.4) is 0 Å². The molecule has 0 bridgehead atoms. The lowest BCUT2D eigenvalue weighted by Gasteiger charge is -2.07. The Bertz CT molecular complexity index is 498. The third kappa shape index (κ3) is 5.96. The molecule has 1 aromatic rings. The molecule has 0 unspecified atom stereocenters. The van der Waals surface area contributed by atoms with Crippen molar-refractivity contribution in [2.24, 2.45) is 5.11 Å². The SMILES string of the molecule is N#Cc1ccc(NC(=O)NCCCCN=[N+]=[N-])cc1. The Hall–Kier alpha value is -2.71. The monoisotopic (exact) mass is 258 g/mol. The van der Waals surface area contributed by atoms with Gasteiger partial charge >= 0.3 is 6.03 Å². The molecule has 1 aromatic carbocycles. The molecule has 0 aliphatic rings. The first kappa shape index (κ1) is 14.4. The van der Waals surface area contributed by atoms with Gasteiger partial charge in [0.05, 0.1) is 11.6 Å². The van der Waals surface area contributed by atoms with Crippen LogP contribution in [-0.2, 0) is 0 Å². The summed E-state index contributed by atoms with van der Waals surface area (Å²) in [5, 5.41) is 17.4. The lowest BCUT2D eigenvalue weighted by Crippen LogP contribution is -2.29. The summed E-state index contributed by atoms with van der Waals surface area (Å²) in [6, 6.07) is 8.31. The predicted molar refractivity (Wildman–Crippen MR) is 71.4 cm³/mol. The van der Waals surface area contributed by atoms with E-state index < -0.39 is 0 Å². The molecular formula is C12H14N6O. The number of carbonyl (C=O) groups is 1. The highest BCUT2D eigenvalue weighted by atomic mass is 16.2. The minimum Gasteiger partial charge on any atom is -0.338 e. The van der Waals surface area contributed by atoms with Crippen LogP contribution in [0.25, 0.3) is 10.4 Å². The number of unbranched alkanes of at least 4 members (excludes halogenated alkanes) is 1. The molecule has 0 radical (unpaired) electrons. The normalized spacial score (nSPS) is 9.00. The van der Waals surface area contributed by atoms with Gasteiger partial charge in [-0.3, -0.25) is 0 Å². The predicted octanol–water partition coefficient (Wildman–Crippen LogP) is 2.77. The Morgan fingerprint density at radius 3 is 2.74 bits per heavy atom. The van der Waals surface area contributed by atoms with Crippen molar-refractivity contribution >= 4 is 11.7 Å². The maximum atomic E-state index is 11.5. The van der Waals surface area contributed by atoms with Crippen LogP contribution in [0.1, 0.15) is 18.4 Å². The summed E-state index contributed by atoms with van der Waals surface area (Å²) in [7, 11) is 0. The largest absolute Gasteiger partial charge is 0.338 e. The summed E-state index contributed by atoms with van der Waals surface area (Å²) >= 11 is 0. The highest BCUT2D eigenvalue weighted by Crippen LogP contribution is 2.08. The van der Waals surface area contributed by atoms with Crippen LogP contribution in [0, 0.1) is 11.3 Å². The summed E-state index contributed by atoms with van der Waals surface area (Å²) in [4.78, 5) is 14.1. The number of rotatable bonds is 6. The zero-order chi connectivity index (χ0) is 13.9. The van der Waals surface area contributed by atoms with E-state index in [1.807, 2.05) is 6.07 Å². The summed E-state index contributed by atoms with van der Waals surface area (Å²) in [6.07, 6.45) is 1.49. The summed E-state index contributed by atoms with van der Waals surface area (Å²) in [6.45, 7) is 0.957. The van der Waals surface area contributed by atoms with E-state index in [1.165, 1.54) is 0 Å². The molecule has 0 spiro atoms. The van der Waals surface area contributed by atoms with Crippen molar-refractivity contribution < 1.29 is 4.79 Å². The molecule has 0 fully saturated rings. The molecule has 2 N–H and O–H groups in total. The van der Waals surface area contributed by atoms with Crippen LogP contribution in [0.4, 0.5) is 10.5 Å². The second-order valence-corrected chi connectivity index (χ2v) is 3.73. The minimum absolute atomic E-state index is 0.298. The van der Waals surface area contributed by atoms with E-state index in [0.717, 1.165) is 12.8 Å². The number of nitrogens with zero attached hydrogens (tertiary/aromatic N) is 4. The van der Waals surface area contributed by atoms with Gasteiger partial charge in [-0.1, -0.05) is 5.11 Å². The van der Waals surface area contributed by atoms with Gasteiger partial charge in [0.1, 0.15) is 0 Å². The molecule has 0 heterocycles. The molecule has 1 rings (SSSR count). The fourth-order valence-electron chi connectivity index (χ4n) is 1.36. The molecule has 0 aliphatic carbocycles. The van der Waals surface area contributed by atoms with Gasteiger partial charge in [-0.25, -0.2) is 4.79 Å². The van der Waals surface area contributed by atoms with Gasteiger partial charge in [-0.2, -0.15) is 5.26 Å². The van der Waals surface area contributed by atoms with Crippen molar-refractivity contribution in [3.8, 4) is 6.07 Å². The number of hydrogen-bond donors (Lipinski definition) is 2. The van der Waals surface area contributed by atoms with E-state index in [2.05, 4.69) is 20.7 Å². The lowest BCUT2D eigenvalue weighted by atomic mass is 10.2. The number of nitrogens with one attached hydrogen (secondary N) is 2. The maximum absolute atomic E-state index is 11.5. The quantitative estimate of drug-likeness (QED) is 0.353. The average molecular weight is 258 g/mol. The van der Waals surface area contributed by atoms with Crippen LogP contribution in [0.5, 0.6) is 0 Å². The molecule has 0 atom stereocenters. The van der Waals surface area contributed by atoms with Gasteiger partial charge < -0.3 is 10.6 Å². The van der Waals surface area contributed by atoms with E-state index in [4.69, 9.17) is 10.8 Å². The van der Waals surface area contributed by atoms with E-state index in [-0.39, 0.29) is 6.03 Å². The van der Waals surface area contributed by atoms with E-state index in [1.54, 1.807) is 24.3 Å². The first-order valence-electron chi connectivity index (χ1n) is 5.82. The lowest BCUT2D eigenvalue weighted by molar-refractivity contribution is 0.252. The number of urea groups is 1. The van der Waals surface area contributed by atoms with Gasteiger partial charge in [-0.15, -0.1) is 0 Å². The number of nitriles is 1. The first-order valence-corrected chi connectivity index (χ1v) is 5.82. The first-order chi connectivity index (χ1) is 9.26. The van der Waals surface area contributed by atoms with Gasteiger partial charge in [0.15, 0.2) is 0 Å². The highest BCUT2D eigenvalue weighted by molar-refractivity contribution is 5.89. The zero-order valence-corrected chi connectivity index (χ0v) is 10.3. The van der Waals surface area contributed by atoms with Crippen molar-refractivity contribution in [3.63, 3.8) is 0 Å². The molecule has 0 aliphatic heterocycles. The molecule has 98 valence electrons. The maximum Gasteiger partial charge on any atom is 0.319 e. The Labute approximate surface area is 110 Å². The summed E-state index contributed by atoms with van der Waals surface area (Å²) in [5.74, 6) is 0. The molecule has 0 aromatic heterocycles. The van der Waals surface area contributed by atoms with E-state index in [9.17, 15) is 4.79 Å². The Morgan fingerprint density at radius 2 is 2.11 bits per heavy atom. The zero-order valence-electron chi connectivity index (χ0n) is 10.3. The molecule has 0 saturated heterocycles. The van der Waals surface area contributed by atoms with E-state index >= 15 is 0 Å². The van der Waals surface area contributed by atoms with Crippen molar-refractivity contribution in [2.75, 3.05) is 18.4 Å². The van der Waals surface area contributed by atoms with Gasteiger partial charge in [0, 0.05) is 23.7 Å². The molecule has 0 saturated carbocycles. The second kappa shape index (κ2) is 8.39. The average Bonchev–Trinajstić information content (AvgIpc) is 2.43. The second-order valence-electron chi connectivity index (χ2n) is 3.73. The highest BCUT2D eigenvalue weighted by Gasteiger charge is 2.00. The number of azide groups is 1. The Morgan fingerprint density at radius 1 is 1.37 bits per heavy atom. The molecule has 19 heavy (non-hydrogen) atoms. The van der Waals surface area contributed by atoms with Gasteiger partial charge in [-0.05, 0) is 42.6 Å². The molecule has 7 nitrogen and oxygen atoms in total. The summed E-state index contributed by atoms with van der Waals surface area (Å²) in [5.41, 5.74) is 9.25. The third-order valence-corrected chi connectivity index (χ3v) is 2.31. The summed E-state index contributed by atoms with van der Waals surface area (Å²) < 4.78 is 0. The number of anilines is 1.